The molecule has 3 N–H and O–H groups in total. The summed E-state index contributed by atoms with van der Waals surface area (Å²) in [6, 6.07) is 7.42. The second-order valence-corrected chi connectivity index (χ2v) is 3.91. The molecule has 4 nitrogen and oxygen atoms in total. The van der Waals surface area contributed by atoms with Gasteiger partial charge in [0.25, 0.3) is 0 Å². The van der Waals surface area contributed by atoms with E-state index < -0.39 is 6.04 Å². The first-order valence-electron chi connectivity index (χ1n) is 5.83. The lowest BCUT2D eigenvalue weighted by molar-refractivity contribution is -0.122. The lowest BCUT2D eigenvalue weighted by Crippen LogP contribution is -2.37. The lowest BCUT2D eigenvalue weighted by atomic mass is 10.1. The van der Waals surface area contributed by atoms with Gasteiger partial charge in [0.05, 0.1) is 12.6 Å². The van der Waals surface area contributed by atoms with Crippen molar-refractivity contribution in [1.82, 2.24) is 5.32 Å². The molecule has 1 aromatic carbocycles. The van der Waals surface area contributed by atoms with Crippen molar-refractivity contribution in [3.05, 3.63) is 35.4 Å². The Labute approximate surface area is 102 Å². The molecule has 1 atom stereocenters. The average molecular weight is 236 g/mol. The topological polar surface area (TPSA) is 64.3 Å². The number of hydrogen-bond acceptors (Lipinski definition) is 3. The van der Waals surface area contributed by atoms with Crippen LogP contribution in [-0.4, -0.2) is 18.6 Å². The zero-order chi connectivity index (χ0) is 12.7. The molecule has 0 unspecified atom stereocenters. The molecule has 0 aliphatic carbocycles. The van der Waals surface area contributed by atoms with Gasteiger partial charge in [-0.1, -0.05) is 24.3 Å². The minimum absolute atomic E-state index is 0.142. The highest BCUT2D eigenvalue weighted by Crippen LogP contribution is 2.09. The molecule has 0 aromatic heterocycles. The van der Waals surface area contributed by atoms with Gasteiger partial charge in [-0.2, -0.15) is 0 Å². The Kier molecular flexibility index (Phi) is 5.66. The third-order valence-electron chi connectivity index (χ3n) is 2.45. The lowest BCUT2D eigenvalue weighted by Gasteiger charge is -2.11. The minimum Gasteiger partial charge on any atom is -0.377 e. The highest BCUT2D eigenvalue weighted by atomic mass is 16.5. The molecule has 0 bridgehead atoms. The molecule has 0 heterocycles. The van der Waals surface area contributed by atoms with E-state index in [0.29, 0.717) is 19.8 Å². The molecule has 1 rings (SSSR count). The van der Waals surface area contributed by atoms with Gasteiger partial charge in [-0.15, -0.1) is 0 Å². The maximum absolute atomic E-state index is 11.4. The number of nitrogens with two attached hydrogens (primary N) is 1. The molecule has 0 spiro atoms. The fraction of sp³-hybridized carbons (Fsp3) is 0.462. The summed E-state index contributed by atoms with van der Waals surface area (Å²) in [4.78, 5) is 11.4. The van der Waals surface area contributed by atoms with E-state index in [1.54, 1.807) is 6.92 Å². The number of nitrogens with one attached hydrogen (secondary N) is 1. The monoisotopic (exact) mass is 236 g/mol. The van der Waals surface area contributed by atoms with Crippen molar-refractivity contribution in [2.24, 2.45) is 5.73 Å². The summed E-state index contributed by atoms with van der Waals surface area (Å²) in [6.45, 7) is 5.37. The molecule has 94 valence electrons. The number of amides is 1. The van der Waals surface area contributed by atoms with Crippen molar-refractivity contribution in [3.8, 4) is 0 Å². The van der Waals surface area contributed by atoms with Crippen molar-refractivity contribution >= 4 is 5.91 Å². The largest absolute Gasteiger partial charge is 0.377 e. The van der Waals surface area contributed by atoms with E-state index in [9.17, 15) is 4.79 Å². The Bertz CT molecular complexity index is 364. The third kappa shape index (κ3) is 4.54. The fourth-order valence-electron chi connectivity index (χ4n) is 1.43. The summed E-state index contributed by atoms with van der Waals surface area (Å²) in [5.74, 6) is -0.142. The SMILES string of the molecule is CCOCc1ccccc1CNC(=O)[C@H](C)N. The van der Waals surface area contributed by atoms with Gasteiger partial charge in [-0.05, 0) is 25.0 Å². The summed E-state index contributed by atoms with van der Waals surface area (Å²) in [5.41, 5.74) is 7.64. The number of carbonyl (C=O) groups is 1. The van der Waals surface area contributed by atoms with E-state index in [4.69, 9.17) is 10.5 Å². The van der Waals surface area contributed by atoms with Crippen LogP contribution in [0.25, 0.3) is 0 Å². The number of ether oxygens (including phenoxy) is 1. The van der Waals surface area contributed by atoms with Crippen LogP contribution in [0.1, 0.15) is 25.0 Å². The molecule has 0 aliphatic rings. The second kappa shape index (κ2) is 7.04. The van der Waals surface area contributed by atoms with Gasteiger partial charge in [-0.25, -0.2) is 0 Å². The van der Waals surface area contributed by atoms with Gasteiger partial charge in [0.1, 0.15) is 0 Å². The Morgan fingerprint density at radius 3 is 2.65 bits per heavy atom. The maximum atomic E-state index is 11.4. The van der Waals surface area contributed by atoms with E-state index in [1.165, 1.54) is 0 Å². The highest BCUT2D eigenvalue weighted by Gasteiger charge is 2.08. The van der Waals surface area contributed by atoms with Crippen LogP contribution in [0.2, 0.25) is 0 Å². The van der Waals surface area contributed by atoms with E-state index >= 15 is 0 Å². The molecule has 0 fully saturated rings. The van der Waals surface area contributed by atoms with Crippen LogP contribution in [0.15, 0.2) is 24.3 Å². The van der Waals surface area contributed by atoms with Crippen LogP contribution in [0, 0.1) is 0 Å². The van der Waals surface area contributed by atoms with Gasteiger partial charge in [0.2, 0.25) is 5.91 Å². The van der Waals surface area contributed by atoms with Crippen LogP contribution in [0.3, 0.4) is 0 Å². The molecular weight excluding hydrogens is 216 g/mol. The zero-order valence-electron chi connectivity index (χ0n) is 10.4. The number of rotatable bonds is 6. The van der Waals surface area contributed by atoms with Gasteiger partial charge >= 0.3 is 0 Å². The van der Waals surface area contributed by atoms with Crippen LogP contribution in [-0.2, 0) is 22.7 Å². The Hall–Kier alpha value is -1.39. The van der Waals surface area contributed by atoms with E-state index in [-0.39, 0.29) is 5.91 Å². The summed E-state index contributed by atoms with van der Waals surface area (Å²) in [7, 11) is 0. The molecular formula is C13H20N2O2. The normalized spacial score (nSPS) is 12.2. The van der Waals surface area contributed by atoms with Crippen LogP contribution >= 0.6 is 0 Å². The predicted molar refractivity (Wildman–Crippen MR) is 67.3 cm³/mol. The predicted octanol–water partition coefficient (Wildman–Crippen LogP) is 1.19. The van der Waals surface area contributed by atoms with E-state index in [1.807, 2.05) is 31.2 Å². The Balaban J connectivity index is 2.60. The van der Waals surface area contributed by atoms with Gasteiger partial charge < -0.3 is 15.8 Å². The van der Waals surface area contributed by atoms with E-state index in [0.717, 1.165) is 11.1 Å². The summed E-state index contributed by atoms with van der Waals surface area (Å²) in [6.07, 6.45) is 0. The summed E-state index contributed by atoms with van der Waals surface area (Å²) < 4.78 is 5.38. The third-order valence-corrected chi connectivity index (χ3v) is 2.45. The second-order valence-electron chi connectivity index (χ2n) is 3.91. The van der Waals surface area contributed by atoms with Crippen molar-refractivity contribution in [3.63, 3.8) is 0 Å². The quantitative estimate of drug-likeness (QED) is 0.779. The fourth-order valence-corrected chi connectivity index (χ4v) is 1.43. The molecule has 1 aromatic rings. The molecule has 1 amide bonds. The smallest absolute Gasteiger partial charge is 0.236 e. The van der Waals surface area contributed by atoms with Crippen molar-refractivity contribution in [2.75, 3.05) is 6.61 Å². The minimum atomic E-state index is -0.478. The summed E-state index contributed by atoms with van der Waals surface area (Å²) in [5, 5.41) is 2.80. The van der Waals surface area contributed by atoms with Crippen LogP contribution < -0.4 is 11.1 Å². The van der Waals surface area contributed by atoms with Gasteiger partial charge in [0, 0.05) is 13.2 Å². The number of carbonyl (C=O) groups excluding carboxylic acids is 1. The number of hydrogen-bond donors (Lipinski definition) is 2. The molecule has 0 radical (unpaired) electrons. The van der Waals surface area contributed by atoms with Gasteiger partial charge in [0.15, 0.2) is 0 Å². The molecule has 0 saturated carbocycles. The first kappa shape index (κ1) is 13.7. The molecule has 17 heavy (non-hydrogen) atoms. The van der Waals surface area contributed by atoms with Crippen LogP contribution in [0.5, 0.6) is 0 Å². The first-order chi connectivity index (χ1) is 8.15. The van der Waals surface area contributed by atoms with Crippen molar-refractivity contribution in [2.45, 2.75) is 33.0 Å². The molecule has 0 saturated heterocycles. The van der Waals surface area contributed by atoms with E-state index in [2.05, 4.69) is 5.32 Å². The number of benzene rings is 1. The van der Waals surface area contributed by atoms with Crippen molar-refractivity contribution in [1.29, 1.82) is 0 Å². The standard InChI is InChI=1S/C13H20N2O2/c1-3-17-9-12-7-5-4-6-11(12)8-15-13(16)10(2)14/h4-7,10H,3,8-9,14H2,1-2H3,(H,15,16)/t10-/m0/s1. The van der Waals surface area contributed by atoms with Gasteiger partial charge in [-0.3, -0.25) is 4.79 Å². The Morgan fingerprint density at radius 2 is 2.06 bits per heavy atom. The molecule has 0 aliphatic heterocycles. The average Bonchev–Trinajstić information content (AvgIpc) is 2.34. The zero-order valence-corrected chi connectivity index (χ0v) is 10.4. The Morgan fingerprint density at radius 1 is 1.41 bits per heavy atom. The highest BCUT2D eigenvalue weighted by molar-refractivity contribution is 5.80. The van der Waals surface area contributed by atoms with Crippen LogP contribution in [0.4, 0.5) is 0 Å². The molecule has 4 heteroatoms. The van der Waals surface area contributed by atoms with Crippen molar-refractivity contribution < 1.29 is 9.53 Å². The summed E-state index contributed by atoms with van der Waals surface area (Å²) >= 11 is 0. The maximum Gasteiger partial charge on any atom is 0.236 e. The first-order valence-corrected chi connectivity index (χ1v) is 5.83.